The first-order valence-electron chi connectivity index (χ1n) is 9.95. The van der Waals surface area contributed by atoms with Crippen LogP contribution in [0.1, 0.15) is 62.9 Å². The van der Waals surface area contributed by atoms with Crippen LogP contribution in [0.4, 0.5) is 4.39 Å². The summed E-state index contributed by atoms with van der Waals surface area (Å²) < 4.78 is 47.3. The summed E-state index contributed by atoms with van der Waals surface area (Å²) >= 11 is 0. The number of ether oxygens (including phenoxy) is 1. The van der Waals surface area contributed by atoms with Gasteiger partial charge in [0.25, 0.3) is 0 Å². The van der Waals surface area contributed by atoms with E-state index in [1.807, 2.05) is 11.6 Å². The predicted molar refractivity (Wildman–Crippen MR) is 106 cm³/mol. The fourth-order valence-electron chi connectivity index (χ4n) is 4.49. The zero-order chi connectivity index (χ0) is 20.2. The molecule has 2 heterocycles. The first-order valence-corrected chi connectivity index (χ1v) is 11.8. The number of epoxide rings is 1. The molecule has 1 aromatic heterocycles. The quantitative estimate of drug-likeness (QED) is 0.762. The Kier molecular flexibility index (Phi) is 5.00. The maximum atomic E-state index is 14.8. The van der Waals surface area contributed by atoms with E-state index in [2.05, 4.69) is 18.6 Å². The summed E-state index contributed by atoms with van der Waals surface area (Å²) in [5, 5.41) is 5.62. The van der Waals surface area contributed by atoms with Crippen LogP contribution in [-0.4, -0.2) is 30.7 Å². The highest BCUT2D eigenvalue weighted by molar-refractivity contribution is 7.88. The van der Waals surface area contributed by atoms with E-state index in [9.17, 15) is 12.8 Å². The minimum Gasteiger partial charge on any atom is -0.347 e. The first kappa shape index (κ1) is 19.8. The second kappa shape index (κ2) is 7.07. The molecule has 1 saturated carbocycles. The summed E-state index contributed by atoms with van der Waals surface area (Å²) in [5.41, 5.74) is 2.04. The number of nitrogens with one attached hydrogen (secondary N) is 1. The van der Waals surface area contributed by atoms with Crippen molar-refractivity contribution in [2.45, 2.75) is 64.8 Å². The molecular formula is C20H28FN3O3S. The molecule has 0 spiro atoms. The van der Waals surface area contributed by atoms with Crippen LogP contribution in [0, 0.1) is 24.6 Å². The van der Waals surface area contributed by atoms with Crippen molar-refractivity contribution in [3.05, 3.63) is 29.2 Å². The van der Waals surface area contributed by atoms with Gasteiger partial charge < -0.3 is 4.74 Å². The Morgan fingerprint density at radius 2 is 1.93 bits per heavy atom. The Balaban J connectivity index is 1.60. The van der Waals surface area contributed by atoms with Gasteiger partial charge in [0.2, 0.25) is 10.0 Å². The molecule has 1 aliphatic carbocycles. The molecule has 2 aromatic rings. The highest BCUT2D eigenvalue weighted by Crippen LogP contribution is 2.42. The van der Waals surface area contributed by atoms with Crippen LogP contribution in [0.5, 0.6) is 0 Å². The first-order chi connectivity index (χ1) is 13.1. The maximum Gasteiger partial charge on any atom is 0.210 e. The van der Waals surface area contributed by atoms with Gasteiger partial charge in [-0.05, 0) is 50.5 Å². The van der Waals surface area contributed by atoms with Gasteiger partial charge in [0.1, 0.15) is 11.9 Å². The van der Waals surface area contributed by atoms with E-state index >= 15 is 0 Å². The molecule has 2 aliphatic rings. The second-order valence-corrected chi connectivity index (χ2v) is 10.4. The largest absolute Gasteiger partial charge is 0.347 e. The number of fused-ring (bicyclic) bond motifs is 1. The van der Waals surface area contributed by atoms with Crippen molar-refractivity contribution in [3.63, 3.8) is 0 Å². The normalized spacial score (nSPS) is 28.2. The van der Waals surface area contributed by atoms with Crippen molar-refractivity contribution in [3.8, 4) is 0 Å². The predicted octanol–water partition coefficient (Wildman–Crippen LogP) is 3.82. The molecule has 0 amide bonds. The molecule has 8 heteroatoms. The minimum absolute atomic E-state index is 0.299. The summed E-state index contributed by atoms with van der Waals surface area (Å²) in [4.78, 5) is 0. The number of hydrogen-bond acceptors (Lipinski definition) is 4. The van der Waals surface area contributed by atoms with Crippen LogP contribution in [-0.2, 0) is 14.8 Å². The number of aromatic nitrogens is 2. The minimum atomic E-state index is -3.40. The van der Waals surface area contributed by atoms with Crippen molar-refractivity contribution in [2.75, 3.05) is 6.26 Å². The third-order valence-corrected chi connectivity index (χ3v) is 6.83. The average Bonchev–Trinajstić information content (AvgIpc) is 3.28. The number of benzene rings is 1. The zero-order valence-corrected chi connectivity index (χ0v) is 17.6. The topological polar surface area (TPSA) is 76.5 Å². The van der Waals surface area contributed by atoms with Gasteiger partial charge in [-0.1, -0.05) is 13.8 Å². The summed E-state index contributed by atoms with van der Waals surface area (Å²) in [6.07, 6.45) is 4.25. The highest BCUT2D eigenvalue weighted by Gasteiger charge is 2.44. The lowest BCUT2D eigenvalue weighted by Gasteiger charge is -2.31. The Labute approximate surface area is 165 Å². The van der Waals surface area contributed by atoms with Gasteiger partial charge in [0.05, 0.1) is 23.5 Å². The molecule has 1 N–H and O–H groups in total. The Morgan fingerprint density at radius 1 is 1.25 bits per heavy atom. The van der Waals surface area contributed by atoms with E-state index in [-0.39, 0.29) is 5.82 Å². The molecular weight excluding hydrogens is 381 g/mol. The van der Waals surface area contributed by atoms with Gasteiger partial charge >= 0.3 is 0 Å². The van der Waals surface area contributed by atoms with Crippen molar-refractivity contribution < 1.29 is 17.5 Å². The number of rotatable bonds is 5. The molecule has 1 aliphatic heterocycles. The number of sulfonamides is 1. The lowest BCUT2D eigenvalue weighted by atomic mass is 9.80. The van der Waals surface area contributed by atoms with Crippen molar-refractivity contribution >= 4 is 20.9 Å². The molecule has 2 fully saturated rings. The van der Waals surface area contributed by atoms with Crippen molar-refractivity contribution in [1.82, 2.24) is 14.5 Å². The monoisotopic (exact) mass is 409 g/mol. The molecule has 0 bridgehead atoms. The molecule has 1 saturated heterocycles. The van der Waals surface area contributed by atoms with Crippen LogP contribution in [0.3, 0.4) is 0 Å². The number of aryl methyl sites for hydroxylation is 1. The van der Waals surface area contributed by atoms with Crippen molar-refractivity contribution in [1.29, 1.82) is 0 Å². The molecule has 28 heavy (non-hydrogen) atoms. The van der Waals surface area contributed by atoms with Gasteiger partial charge in [0, 0.05) is 17.0 Å². The fraction of sp³-hybridized carbons (Fsp3) is 0.650. The smallest absolute Gasteiger partial charge is 0.210 e. The summed E-state index contributed by atoms with van der Waals surface area (Å²) in [7, 11) is -3.40. The summed E-state index contributed by atoms with van der Waals surface area (Å²) in [5.74, 6) is 1.07. The number of halogens is 1. The lowest BCUT2D eigenvalue weighted by molar-refractivity contribution is 0.219. The average molecular weight is 410 g/mol. The molecule has 2 unspecified atom stereocenters. The van der Waals surface area contributed by atoms with Gasteiger partial charge in [-0.25, -0.2) is 12.8 Å². The van der Waals surface area contributed by atoms with E-state index < -0.39 is 22.4 Å². The van der Waals surface area contributed by atoms with Gasteiger partial charge in [-0.3, -0.25) is 4.68 Å². The Morgan fingerprint density at radius 3 is 2.54 bits per heavy atom. The Hall–Kier alpha value is -1.51. The third-order valence-electron chi connectivity index (χ3n) is 6.17. The van der Waals surface area contributed by atoms with E-state index in [0.29, 0.717) is 17.5 Å². The molecule has 4 rings (SSSR count). The zero-order valence-electron chi connectivity index (χ0n) is 16.8. The van der Waals surface area contributed by atoms with Crippen molar-refractivity contribution in [2.24, 2.45) is 11.8 Å². The molecule has 6 nitrogen and oxygen atoms in total. The number of nitrogens with zero attached hydrogens (tertiary/aromatic N) is 2. The van der Waals surface area contributed by atoms with Gasteiger partial charge in [-0.2, -0.15) is 9.82 Å². The van der Waals surface area contributed by atoms with Crippen LogP contribution in [0.15, 0.2) is 12.1 Å². The third kappa shape index (κ3) is 3.82. The molecule has 0 radical (unpaired) electrons. The van der Waals surface area contributed by atoms with Crippen LogP contribution >= 0.6 is 0 Å². The van der Waals surface area contributed by atoms with E-state index in [0.717, 1.165) is 41.6 Å². The van der Waals surface area contributed by atoms with Crippen LogP contribution < -0.4 is 4.72 Å². The number of hydrogen-bond donors (Lipinski definition) is 1. The SMILES string of the molecule is Cc1nn(C2CCC(C(C)C)CC2)c2cc(F)c(C3OC3NS(C)(=O)=O)cc12. The lowest BCUT2D eigenvalue weighted by Crippen LogP contribution is -2.25. The summed E-state index contributed by atoms with van der Waals surface area (Å²) in [6, 6.07) is 3.59. The van der Waals surface area contributed by atoms with E-state index in [4.69, 9.17) is 9.84 Å². The van der Waals surface area contributed by atoms with Gasteiger partial charge in [0.15, 0.2) is 6.23 Å². The standard InChI is InChI=1S/C20H28FN3O3S/c1-11(2)13-5-7-14(8-6-13)24-18-10-17(21)16(9-15(18)12(3)22-24)19-20(27-19)23-28(4,25)26/h9-11,13-14,19-20,23H,5-8H2,1-4H3. The molecule has 2 atom stereocenters. The fourth-order valence-corrected chi connectivity index (χ4v) is 5.09. The van der Waals surface area contributed by atoms with Crippen LogP contribution in [0.25, 0.3) is 10.9 Å². The highest BCUT2D eigenvalue weighted by atomic mass is 32.2. The van der Waals surface area contributed by atoms with Crippen LogP contribution in [0.2, 0.25) is 0 Å². The summed E-state index contributed by atoms with van der Waals surface area (Å²) in [6.45, 7) is 6.49. The van der Waals surface area contributed by atoms with E-state index in [1.54, 1.807) is 6.07 Å². The van der Waals surface area contributed by atoms with Gasteiger partial charge in [-0.15, -0.1) is 0 Å². The molecule has 1 aromatic carbocycles. The Bertz CT molecular complexity index is 994. The molecule has 154 valence electrons. The van der Waals surface area contributed by atoms with E-state index in [1.165, 1.54) is 18.9 Å². The maximum absolute atomic E-state index is 14.8. The second-order valence-electron chi connectivity index (χ2n) is 8.60.